The number of carbonyl (C=O) groups excluding carboxylic acids is 1. The Bertz CT molecular complexity index is 561. The van der Waals surface area contributed by atoms with E-state index in [1.54, 1.807) is 7.11 Å². The molecule has 1 aliphatic rings. The van der Waals surface area contributed by atoms with Crippen LogP contribution in [0.3, 0.4) is 0 Å². The lowest BCUT2D eigenvalue weighted by Gasteiger charge is -2.36. The number of rotatable bonds is 6. The van der Waals surface area contributed by atoms with E-state index in [0.717, 1.165) is 47.3 Å². The molecule has 122 valence electrons. The first-order valence-electron chi connectivity index (χ1n) is 7.80. The standard InChI is InChI=1S/C18H26O4/c1-12-15-8-9-18(3,4)22-17(15)13(2)14(7-6-10-19)16(12)21-11-20-5/h10H,6-9,11H2,1-5H3. The van der Waals surface area contributed by atoms with Crippen LogP contribution in [0.1, 0.15) is 48.9 Å². The summed E-state index contributed by atoms with van der Waals surface area (Å²) in [6, 6.07) is 0. The molecule has 0 fully saturated rings. The van der Waals surface area contributed by atoms with Crippen molar-refractivity contribution in [3.63, 3.8) is 0 Å². The Kier molecular flexibility index (Phi) is 5.12. The van der Waals surface area contributed by atoms with Crippen LogP contribution >= 0.6 is 0 Å². The van der Waals surface area contributed by atoms with E-state index in [-0.39, 0.29) is 12.4 Å². The topological polar surface area (TPSA) is 44.8 Å². The third-order valence-corrected chi connectivity index (χ3v) is 4.32. The zero-order valence-electron chi connectivity index (χ0n) is 14.2. The van der Waals surface area contributed by atoms with Crippen LogP contribution in [-0.4, -0.2) is 25.8 Å². The van der Waals surface area contributed by atoms with Gasteiger partial charge >= 0.3 is 0 Å². The molecule has 1 aromatic rings. The van der Waals surface area contributed by atoms with Crippen LogP contribution in [0.5, 0.6) is 11.5 Å². The highest BCUT2D eigenvalue weighted by Crippen LogP contribution is 2.44. The summed E-state index contributed by atoms with van der Waals surface area (Å²) in [5.41, 5.74) is 4.31. The van der Waals surface area contributed by atoms with E-state index in [1.807, 2.05) is 0 Å². The van der Waals surface area contributed by atoms with E-state index in [4.69, 9.17) is 14.2 Å². The van der Waals surface area contributed by atoms with Gasteiger partial charge in [0, 0.05) is 24.7 Å². The minimum absolute atomic E-state index is 0.152. The second kappa shape index (κ2) is 6.69. The van der Waals surface area contributed by atoms with Gasteiger partial charge in [-0.25, -0.2) is 0 Å². The Morgan fingerprint density at radius 2 is 2.00 bits per heavy atom. The van der Waals surface area contributed by atoms with E-state index < -0.39 is 0 Å². The first-order valence-corrected chi connectivity index (χ1v) is 7.80. The summed E-state index contributed by atoms with van der Waals surface area (Å²) in [7, 11) is 1.61. The number of ether oxygens (including phenoxy) is 3. The predicted molar refractivity (Wildman–Crippen MR) is 85.8 cm³/mol. The van der Waals surface area contributed by atoms with E-state index in [9.17, 15) is 4.79 Å². The summed E-state index contributed by atoms with van der Waals surface area (Å²) < 4.78 is 17.1. The molecule has 0 saturated heterocycles. The molecule has 0 N–H and O–H groups in total. The third kappa shape index (κ3) is 3.27. The summed E-state index contributed by atoms with van der Waals surface area (Å²) in [6.45, 7) is 8.56. The van der Waals surface area contributed by atoms with E-state index >= 15 is 0 Å². The van der Waals surface area contributed by atoms with Gasteiger partial charge in [-0.15, -0.1) is 0 Å². The van der Waals surface area contributed by atoms with Crippen LogP contribution in [0.15, 0.2) is 0 Å². The normalized spacial score (nSPS) is 15.9. The minimum Gasteiger partial charge on any atom is -0.487 e. The predicted octanol–water partition coefficient (Wildman–Crippen LogP) is 3.52. The van der Waals surface area contributed by atoms with Gasteiger partial charge < -0.3 is 19.0 Å². The number of aldehydes is 1. The molecule has 22 heavy (non-hydrogen) atoms. The molecule has 0 aliphatic carbocycles. The third-order valence-electron chi connectivity index (χ3n) is 4.32. The van der Waals surface area contributed by atoms with Gasteiger partial charge in [-0.1, -0.05) is 0 Å². The van der Waals surface area contributed by atoms with E-state index in [0.29, 0.717) is 12.8 Å². The fourth-order valence-corrected chi connectivity index (χ4v) is 3.08. The lowest BCUT2D eigenvalue weighted by Crippen LogP contribution is -2.33. The van der Waals surface area contributed by atoms with E-state index in [2.05, 4.69) is 27.7 Å². The summed E-state index contributed by atoms with van der Waals surface area (Å²) in [5, 5.41) is 0. The molecule has 2 rings (SSSR count). The highest BCUT2D eigenvalue weighted by molar-refractivity contribution is 5.61. The smallest absolute Gasteiger partial charge is 0.188 e. The van der Waals surface area contributed by atoms with Gasteiger partial charge in [0.2, 0.25) is 0 Å². The lowest BCUT2D eigenvalue weighted by atomic mass is 9.87. The zero-order valence-corrected chi connectivity index (χ0v) is 14.2. The molecule has 0 atom stereocenters. The highest BCUT2D eigenvalue weighted by Gasteiger charge is 2.31. The van der Waals surface area contributed by atoms with Crippen LogP contribution in [0, 0.1) is 13.8 Å². The maximum Gasteiger partial charge on any atom is 0.188 e. The van der Waals surface area contributed by atoms with Crippen molar-refractivity contribution in [3.05, 3.63) is 22.3 Å². The van der Waals surface area contributed by atoms with Gasteiger partial charge in [-0.05, 0) is 58.1 Å². The van der Waals surface area contributed by atoms with Crippen LogP contribution in [0.25, 0.3) is 0 Å². The van der Waals surface area contributed by atoms with Crippen LogP contribution in [0.2, 0.25) is 0 Å². The van der Waals surface area contributed by atoms with Crippen molar-refractivity contribution in [2.45, 2.75) is 59.0 Å². The summed E-state index contributed by atoms with van der Waals surface area (Å²) in [6.07, 6.45) is 4.04. The van der Waals surface area contributed by atoms with Crippen LogP contribution in [-0.2, 0) is 22.4 Å². The van der Waals surface area contributed by atoms with Crippen molar-refractivity contribution in [2.75, 3.05) is 13.9 Å². The van der Waals surface area contributed by atoms with Gasteiger partial charge in [-0.2, -0.15) is 0 Å². The molecule has 0 radical (unpaired) electrons. The van der Waals surface area contributed by atoms with Crippen LogP contribution < -0.4 is 9.47 Å². The van der Waals surface area contributed by atoms with Crippen molar-refractivity contribution in [1.82, 2.24) is 0 Å². The van der Waals surface area contributed by atoms with E-state index in [1.165, 1.54) is 5.56 Å². The molecule has 1 heterocycles. The Balaban J connectivity index is 2.54. The van der Waals surface area contributed by atoms with Gasteiger partial charge in [-0.3, -0.25) is 0 Å². The monoisotopic (exact) mass is 306 g/mol. The van der Waals surface area contributed by atoms with Gasteiger partial charge in [0.1, 0.15) is 23.4 Å². The summed E-state index contributed by atoms with van der Waals surface area (Å²) in [4.78, 5) is 10.8. The Morgan fingerprint density at radius 3 is 2.64 bits per heavy atom. The fraction of sp³-hybridized carbons (Fsp3) is 0.611. The van der Waals surface area contributed by atoms with Crippen molar-refractivity contribution < 1.29 is 19.0 Å². The second-order valence-corrected chi connectivity index (χ2v) is 6.48. The highest BCUT2D eigenvalue weighted by atomic mass is 16.7. The maximum atomic E-state index is 10.8. The molecule has 0 amide bonds. The maximum absolute atomic E-state index is 10.8. The van der Waals surface area contributed by atoms with Gasteiger partial charge in [0.05, 0.1) is 0 Å². The van der Waals surface area contributed by atoms with Crippen molar-refractivity contribution in [3.8, 4) is 11.5 Å². The number of benzene rings is 1. The Labute approximate surface area is 132 Å². The molecule has 1 aliphatic heterocycles. The fourth-order valence-electron chi connectivity index (χ4n) is 3.08. The molecule has 0 spiro atoms. The molecule has 0 saturated carbocycles. The molecular formula is C18H26O4. The Morgan fingerprint density at radius 1 is 1.27 bits per heavy atom. The number of fused-ring (bicyclic) bond motifs is 1. The summed E-state index contributed by atoms with van der Waals surface area (Å²) in [5.74, 6) is 1.82. The average Bonchev–Trinajstić information content (AvgIpc) is 2.47. The van der Waals surface area contributed by atoms with Crippen molar-refractivity contribution in [1.29, 1.82) is 0 Å². The molecule has 0 bridgehead atoms. The summed E-state index contributed by atoms with van der Waals surface area (Å²) >= 11 is 0. The SMILES string of the molecule is COCOc1c(C)c2c(c(C)c1CCC=O)OC(C)(C)CC2. The Hall–Kier alpha value is -1.55. The largest absolute Gasteiger partial charge is 0.487 e. The molecule has 4 heteroatoms. The number of methoxy groups -OCH3 is 1. The molecule has 4 nitrogen and oxygen atoms in total. The number of hydrogen-bond donors (Lipinski definition) is 0. The molecule has 0 unspecified atom stereocenters. The molecular weight excluding hydrogens is 280 g/mol. The second-order valence-electron chi connectivity index (χ2n) is 6.48. The van der Waals surface area contributed by atoms with Gasteiger partial charge in [0.15, 0.2) is 6.79 Å². The first kappa shape index (κ1) is 16.8. The number of hydrogen-bond acceptors (Lipinski definition) is 4. The zero-order chi connectivity index (χ0) is 16.3. The first-order chi connectivity index (χ1) is 10.4. The van der Waals surface area contributed by atoms with Crippen LogP contribution in [0.4, 0.5) is 0 Å². The molecule has 1 aromatic carbocycles. The molecule has 0 aromatic heterocycles. The average molecular weight is 306 g/mol. The van der Waals surface area contributed by atoms with Gasteiger partial charge in [0.25, 0.3) is 0 Å². The van der Waals surface area contributed by atoms with Crippen molar-refractivity contribution >= 4 is 6.29 Å². The minimum atomic E-state index is -0.152. The quantitative estimate of drug-likeness (QED) is 0.596. The van der Waals surface area contributed by atoms with Crippen molar-refractivity contribution in [2.24, 2.45) is 0 Å². The number of carbonyl (C=O) groups is 1. The lowest BCUT2D eigenvalue weighted by molar-refractivity contribution is -0.107.